The first-order valence-corrected chi connectivity index (χ1v) is 7.38. The summed E-state index contributed by atoms with van der Waals surface area (Å²) in [5.41, 5.74) is 1.60. The molecule has 1 aliphatic carbocycles. The molecule has 0 heterocycles. The van der Waals surface area contributed by atoms with Gasteiger partial charge in [0.15, 0.2) is 0 Å². The monoisotopic (exact) mass is 290 g/mol. The van der Waals surface area contributed by atoms with Crippen molar-refractivity contribution in [2.24, 2.45) is 0 Å². The lowest BCUT2D eigenvalue weighted by molar-refractivity contribution is -0.122. The molecule has 114 valence electrons. The highest BCUT2D eigenvalue weighted by Gasteiger charge is 2.24. The molecule has 0 saturated heterocycles. The zero-order chi connectivity index (χ0) is 15.2. The van der Waals surface area contributed by atoms with E-state index in [1.165, 1.54) is 6.92 Å². The van der Waals surface area contributed by atoms with Crippen LogP contribution in [-0.4, -0.2) is 29.1 Å². The number of anilines is 1. The molecule has 0 aliphatic heterocycles. The third-order valence-electron chi connectivity index (χ3n) is 3.71. The first-order valence-electron chi connectivity index (χ1n) is 7.38. The van der Waals surface area contributed by atoms with Gasteiger partial charge in [0.2, 0.25) is 11.8 Å². The van der Waals surface area contributed by atoms with Gasteiger partial charge < -0.3 is 15.7 Å². The predicted molar refractivity (Wildman–Crippen MR) is 80.9 cm³/mol. The minimum atomic E-state index is -0.426. The van der Waals surface area contributed by atoms with Crippen molar-refractivity contribution >= 4 is 17.5 Å². The van der Waals surface area contributed by atoms with E-state index in [1.807, 2.05) is 12.1 Å². The minimum absolute atomic E-state index is 0.0757. The van der Waals surface area contributed by atoms with Crippen molar-refractivity contribution in [1.82, 2.24) is 5.32 Å². The van der Waals surface area contributed by atoms with Gasteiger partial charge in [-0.3, -0.25) is 9.59 Å². The van der Waals surface area contributed by atoms with Gasteiger partial charge in [0.25, 0.3) is 0 Å². The summed E-state index contributed by atoms with van der Waals surface area (Å²) >= 11 is 0. The summed E-state index contributed by atoms with van der Waals surface area (Å²) in [5.74, 6) is -0.194. The van der Waals surface area contributed by atoms with Crippen LogP contribution in [0.25, 0.3) is 0 Å². The van der Waals surface area contributed by atoms with E-state index in [2.05, 4.69) is 10.6 Å². The zero-order valence-corrected chi connectivity index (χ0v) is 12.3. The van der Waals surface area contributed by atoms with Crippen molar-refractivity contribution in [3.63, 3.8) is 0 Å². The number of aliphatic hydroxyl groups excluding tert-OH is 1. The van der Waals surface area contributed by atoms with Crippen LogP contribution < -0.4 is 10.6 Å². The second-order valence-corrected chi connectivity index (χ2v) is 5.58. The Balaban J connectivity index is 1.85. The van der Waals surface area contributed by atoms with Gasteiger partial charge in [-0.25, -0.2) is 0 Å². The van der Waals surface area contributed by atoms with E-state index < -0.39 is 6.10 Å². The Labute approximate surface area is 124 Å². The normalized spacial score (nSPS) is 21.6. The number of rotatable bonds is 4. The highest BCUT2D eigenvalue weighted by atomic mass is 16.3. The molecule has 5 nitrogen and oxygen atoms in total. The van der Waals surface area contributed by atoms with Gasteiger partial charge in [-0.2, -0.15) is 0 Å². The van der Waals surface area contributed by atoms with Crippen LogP contribution in [0.1, 0.15) is 38.2 Å². The molecule has 0 spiro atoms. The fourth-order valence-corrected chi connectivity index (χ4v) is 2.63. The van der Waals surface area contributed by atoms with Gasteiger partial charge >= 0.3 is 0 Å². The van der Waals surface area contributed by atoms with Crippen LogP contribution in [-0.2, 0) is 16.0 Å². The summed E-state index contributed by atoms with van der Waals surface area (Å²) in [6, 6.07) is 7.08. The maximum absolute atomic E-state index is 12.0. The molecule has 1 aromatic rings. The van der Waals surface area contributed by atoms with Crippen molar-refractivity contribution in [3.8, 4) is 0 Å². The van der Waals surface area contributed by atoms with E-state index in [4.69, 9.17) is 0 Å². The Bertz CT molecular complexity index is 499. The number of benzene rings is 1. The molecule has 0 aromatic heterocycles. The number of carbonyl (C=O) groups excluding carboxylic acids is 2. The second kappa shape index (κ2) is 7.22. The summed E-state index contributed by atoms with van der Waals surface area (Å²) < 4.78 is 0. The molecule has 0 bridgehead atoms. The molecule has 3 N–H and O–H groups in total. The van der Waals surface area contributed by atoms with Gasteiger partial charge in [-0.1, -0.05) is 25.0 Å². The van der Waals surface area contributed by atoms with E-state index in [9.17, 15) is 14.7 Å². The molecule has 21 heavy (non-hydrogen) atoms. The van der Waals surface area contributed by atoms with Crippen molar-refractivity contribution < 1.29 is 14.7 Å². The van der Waals surface area contributed by atoms with Crippen LogP contribution in [0.4, 0.5) is 5.69 Å². The van der Waals surface area contributed by atoms with Gasteiger partial charge in [0.05, 0.1) is 18.6 Å². The maximum Gasteiger partial charge on any atom is 0.224 e. The second-order valence-electron chi connectivity index (χ2n) is 5.58. The first kappa shape index (κ1) is 15.5. The molecule has 1 aromatic carbocycles. The predicted octanol–water partition coefficient (Wildman–Crippen LogP) is 1.61. The Morgan fingerprint density at radius 2 is 1.86 bits per heavy atom. The number of carbonyl (C=O) groups is 2. The van der Waals surface area contributed by atoms with Crippen molar-refractivity contribution in [2.45, 2.75) is 51.2 Å². The van der Waals surface area contributed by atoms with E-state index in [0.717, 1.165) is 36.9 Å². The van der Waals surface area contributed by atoms with Crippen LogP contribution in [0.2, 0.25) is 0 Å². The summed E-state index contributed by atoms with van der Waals surface area (Å²) in [6.45, 7) is 1.46. The van der Waals surface area contributed by atoms with E-state index in [1.54, 1.807) is 12.1 Å². The average molecular weight is 290 g/mol. The van der Waals surface area contributed by atoms with Crippen LogP contribution >= 0.6 is 0 Å². The molecule has 5 heteroatoms. The van der Waals surface area contributed by atoms with Crippen molar-refractivity contribution in [3.05, 3.63) is 29.8 Å². The van der Waals surface area contributed by atoms with E-state index >= 15 is 0 Å². The topological polar surface area (TPSA) is 78.4 Å². The SMILES string of the molecule is CC(=O)Nc1ccc(CC(=O)N[C@H]2CCCC[C@@H]2O)cc1. The third-order valence-corrected chi connectivity index (χ3v) is 3.71. The third kappa shape index (κ3) is 4.86. The number of hydrogen-bond acceptors (Lipinski definition) is 3. The first-order chi connectivity index (χ1) is 10.0. The molecular formula is C16H22N2O3. The van der Waals surface area contributed by atoms with Gasteiger partial charge in [-0.05, 0) is 30.5 Å². The fourth-order valence-electron chi connectivity index (χ4n) is 2.63. The molecule has 2 rings (SSSR count). The lowest BCUT2D eigenvalue weighted by Crippen LogP contribution is -2.45. The van der Waals surface area contributed by atoms with Gasteiger partial charge in [0.1, 0.15) is 0 Å². The fraction of sp³-hybridized carbons (Fsp3) is 0.500. The van der Waals surface area contributed by atoms with E-state index in [0.29, 0.717) is 0 Å². The Kier molecular flexibility index (Phi) is 5.33. The summed E-state index contributed by atoms with van der Waals surface area (Å²) in [7, 11) is 0. The van der Waals surface area contributed by atoms with Crippen LogP contribution in [0, 0.1) is 0 Å². The Morgan fingerprint density at radius 3 is 2.48 bits per heavy atom. The van der Waals surface area contributed by atoms with Gasteiger partial charge in [0, 0.05) is 12.6 Å². The lowest BCUT2D eigenvalue weighted by atomic mass is 9.92. The lowest BCUT2D eigenvalue weighted by Gasteiger charge is -2.28. The largest absolute Gasteiger partial charge is 0.391 e. The molecule has 0 radical (unpaired) electrons. The standard InChI is InChI=1S/C16H22N2O3/c1-11(19)17-13-8-6-12(7-9-13)10-16(21)18-14-4-2-3-5-15(14)20/h6-9,14-15,20H,2-5,10H2,1H3,(H,17,19)(H,18,21)/t14-,15-/m0/s1. The van der Waals surface area contributed by atoms with Crippen LogP contribution in [0.3, 0.4) is 0 Å². The molecule has 2 atom stereocenters. The average Bonchev–Trinajstić information content (AvgIpc) is 2.43. The summed E-state index contributed by atoms with van der Waals surface area (Å²) in [4.78, 5) is 22.9. The smallest absolute Gasteiger partial charge is 0.224 e. The molecular weight excluding hydrogens is 268 g/mol. The quantitative estimate of drug-likeness (QED) is 0.788. The molecule has 1 aliphatic rings. The minimum Gasteiger partial charge on any atom is -0.391 e. The number of aliphatic hydroxyl groups is 1. The summed E-state index contributed by atoms with van der Waals surface area (Å²) in [6.07, 6.45) is 3.53. The van der Waals surface area contributed by atoms with Crippen LogP contribution in [0.5, 0.6) is 0 Å². The zero-order valence-electron chi connectivity index (χ0n) is 12.3. The van der Waals surface area contributed by atoms with Crippen molar-refractivity contribution in [2.75, 3.05) is 5.32 Å². The Morgan fingerprint density at radius 1 is 1.19 bits per heavy atom. The molecule has 1 saturated carbocycles. The van der Waals surface area contributed by atoms with Crippen LogP contribution in [0.15, 0.2) is 24.3 Å². The number of hydrogen-bond donors (Lipinski definition) is 3. The molecule has 0 unspecified atom stereocenters. The summed E-state index contributed by atoms with van der Waals surface area (Å²) in [5, 5.41) is 15.4. The highest BCUT2D eigenvalue weighted by molar-refractivity contribution is 5.88. The molecule has 2 amide bonds. The Hall–Kier alpha value is -1.88. The van der Waals surface area contributed by atoms with E-state index in [-0.39, 0.29) is 24.3 Å². The van der Waals surface area contributed by atoms with Gasteiger partial charge in [-0.15, -0.1) is 0 Å². The molecule has 1 fully saturated rings. The maximum atomic E-state index is 12.0. The highest BCUT2D eigenvalue weighted by Crippen LogP contribution is 2.18. The van der Waals surface area contributed by atoms with Crippen molar-refractivity contribution in [1.29, 1.82) is 0 Å². The number of amides is 2. The number of nitrogens with one attached hydrogen (secondary N) is 2.